The number of nitrogens with two attached hydrogens (primary N) is 1. The first-order valence-electron chi connectivity index (χ1n) is 10.9. The lowest BCUT2D eigenvalue weighted by Gasteiger charge is -2.14. The number of hydrogen-bond donors (Lipinski definition) is 2. The molecule has 6 heteroatoms. The molecule has 6 nitrogen and oxygen atoms in total. The predicted molar refractivity (Wildman–Crippen MR) is 128 cm³/mol. The van der Waals surface area contributed by atoms with Gasteiger partial charge in [-0.05, 0) is 47.4 Å². The lowest BCUT2D eigenvalue weighted by Crippen LogP contribution is -2.24. The molecule has 3 rings (SSSR count). The van der Waals surface area contributed by atoms with E-state index in [1.54, 1.807) is 12.1 Å². The highest BCUT2D eigenvalue weighted by molar-refractivity contribution is 5.95. The zero-order valence-corrected chi connectivity index (χ0v) is 19.0. The second-order valence-corrected chi connectivity index (χ2v) is 7.73. The molecule has 32 heavy (non-hydrogen) atoms. The van der Waals surface area contributed by atoms with Crippen LogP contribution in [0.25, 0.3) is 10.8 Å². The van der Waals surface area contributed by atoms with Gasteiger partial charge in [0.15, 0.2) is 11.5 Å². The fourth-order valence-corrected chi connectivity index (χ4v) is 3.79. The Labute approximate surface area is 189 Å². The van der Waals surface area contributed by atoms with Crippen molar-refractivity contribution in [1.29, 1.82) is 0 Å². The van der Waals surface area contributed by atoms with Gasteiger partial charge >= 0.3 is 0 Å². The van der Waals surface area contributed by atoms with Crippen molar-refractivity contribution in [3.63, 3.8) is 0 Å². The summed E-state index contributed by atoms with van der Waals surface area (Å²) in [7, 11) is 4.59. The van der Waals surface area contributed by atoms with E-state index in [0.717, 1.165) is 25.7 Å². The highest BCUT2D eigenvalue weighted by atomic mass is 16.5. The lowest BCUT2D eigenvalue weighted by atomic mass is 9.98. The first kappa shape index (κ1) is 23.4. The summed E-state index contributed by atoms with van der Waals surface area (Å²) in [5.74, 6) is 1.21. The molecule has 0 heterocycles. The molecule has 0 spiro atoms. The maximum Gasteiger partial charge on any atom is 0.251 e. The average molecular weight is 437 g/mol. The van der Waals surface area contributed by atoms with Crippen LogP contribution in [0.2, 0.25) is 0 Å². The molecule has 3 aromatic carbocycles. The number of ether oxygens (including phenoxy) is 3. The number of unbranched alkanes of at least 4 members (excludes halogenated alkanes) is 2. The van der Waals surface area contributed by atoms with E-state index >= 15 is 0 Å². The van der Waals surface area contributed by atoms with Crippen molar-refractivity contribution in [2.24, 2.45) is 5.73 Å². The first-order chi connectivity index (χ1) is 15.6. The van der Waals surface area contributed by atoms with E-state index in [-0.39, 0.29) is 11.9 Å². The van der Waals surface area contributed by atoms with Gasteiger partial charge in [-0.15, -0.1) is 0 Å². The Morgan fingerprint density at radius 2 is 1.56 bits per heavy atom. The van der Waals surface area contributed by atoms with Crippen LogP contribution in [0, 0.1) is 0 Å². The van der Waals surface area contributed by atoms with Gasteiger partial charge < -0.3 is 25.3 Å². The van der Waals surface area contributed by atoms with Crippen LogP contribution >= 0.6 is 0 Å². The van der Waals surface area contributed by atoms with Gasteiger partial charge in [-0.1, -0.05) is 49.2 Å². The van der Waals surface area contributed by atoms with Gasteiger partial charge in [-0.2, -0.15) is 0 Å². The van der Waals surface area contributed by atoms with Gasteiger partial charge in [0.25, 0.3) is 5.91 Å². The molecule has 0 bridgehead atoms. The van der Waals surface area contributed by atoms with Crippen molar-refractivity contribution >= 4 is 16.7 Å². The lowest BCUT2D eigenvalue weighted by molar-refractivity contribution is 0.0952. The van der Waals surface area contributed by atoms with E-state index < -0.39 is 0 Å². The van der Waals surface area contributed by atoms with Crippen LogP contribution < -0.4 is 25.3 Å². The van der Waals surface area contributed by atoms with Crippen LogP contribution in [0.15, 0.2) is 54.6 Å². The second-order valence-electron chi connectivity index (χ2n) is 7.73. The highest BCUT2D eigenvalue weighted by Crippen LogP contribution is 2.38. The van der Waals surface area contributed by atoms with Crippen molar-refractivity contribution in [2.45, 2.75) is 31.7 Å². The van der Waals surface area contributed by atoms with Crippen LogP contribution in [0.4, 0.5) is 0 Å². The molecule has 0 fully saturated rings. The molecule has 0 saturated carbocycles. The number of amides is 1. The van der Waals surface area contributed by atoms with E-state index in [1.165, 1.54) is 37.7 Å². The Morgan fingerprint density at radius 3 is 2.22 bits per heavy atom. The number of methoxy groups -OCH3 is 3. The third-order valence-electron chi connectivity index (χ3n) is 5.61. The summed E-state index contributed by atoms with van der Waals surface area (Å²) in [6.07, 6.45) is 3.81. The van der Waals surface area contributed by atoms with Crippen LogP contribution in [0.3, 0.4) is 0 Å². The molecule has 0 radical (unpaired) electrons. The van der Waals surface area contributed by atoms with Crippen molar-refractivity contribution < 1.29 is 19.0 Å². The van der Waals surface area contributed by atoms with Crippen molar-refractivity contribution in [3.05, 3.63) is 65.7 Å². The third-order valence-corrected chi connectivity index (χ3v) is 5.61. The summed E-state index contributed by atoms with van der Waals surface area (Å²) < 4.78 is 15.9. The summed E-state index contributed by atoms with van der Waals surface area (Å²) >= 11 is 0. The van der Waals surface area contributed by atoms with Crippen LogP contribution in [0.5, 0.6) is 17.2 Å². The molecule has 170 valence electrons. The first-order valence-corrected chi connectivity index (χ1v) is 10.9. The predicted octanol–water partition coefficient (Wildman–Crippen LogP) is 4.86. The van der Waals surface area contributed by atoms with Crippen molar-refractivity contribution in [2.75, 3.05) is 27.9 Å². The van der Waals surface area contributed by atoms with Gasteiger partial charge in [0.1, 0.15) is 0 Å². The fourth-order valence-electron chi connectivity index (χ4n) is 3.79. The number of benzene rings is 3. The molecular formula is C26H32N2O4. The molecule has 3 N–H and O–H groups in total. The van der Waals surface area contributed by atoms with E-state index in [1.807, 2.05) is 12.1 Å². The fraction of sp³-hybridized carbons (Fsp3) is 0.346. The second kappa shape index (κ2) is 11.4. The van der Waals surface area contributed by atoms with E-state index in [4.69, 9.17) is 19.9 Å². The SMILES string of the molecule is COc1cc(C(=O)NCCCCCC(N)c2ccc3ccccc3c2)cc(OC)c1OC. The molecule has 0 saturated heterocycles. The Balaban J connectivity index is 1.43. The Morgan fingerprint density at radius 1 is 0.875 bits per heavy atom. The summed E-state index contributed by atoms with van der Waals surface area (Å²) in [6.45, 7) is 0.598. The van der Waals surface area contributed by atoms with Crippen molar-refractivity contribution in [3.8, 4) is 17.2 Å². The summed E-state index contributed by atoms with van der Waals surface area (Å²) in [5, 5.41) is 5.40. The molecule has 0 aromatic heterocycles. The Bertz CT molecular complexity index is 1030. The number of carbonyl (C=O) groups is 1. The number of nitrogens with one attached hydrogen (secondary N) is 1. The molecule has 3 aromatic rings. The smallest absolute Gasteiger partial charge is 0.251 e. The number of carbonyl (C=O) groups excluding carboxylic acids is 1. The highest BCUT2D eigenvalue weighted by Gasteiger charge is 2.16. The van der Waals surface area contributed by atoms with Crippen LogP contribution in [-0.2, 0) is 0 Å². The minimum absolute atomic E-state index is 0.0217. The summed E-state index contributed by atoms with van der Waals surface area (Å²) in [4.78, 5) is 12.5. The van der Waals surface area contributed by atoms with Crippen LogP contribution in [0.1, 0.15) is 47.6 Å². The van der Waals surface area contributed by atoms with Gasteiger partial charge in [-0.25, -0.2) is 0 Å². The van der Waals surface area contributed by atoms with Crippen LogP contribution in [-0.4, -0.2) is 33.8 Å². The van der Waals surface area contributed by atoms with Gasteiger partial charge in [0.05, 0.1) is 21.3 Å². The molecule has 0 aliphatic rings. The van der Waals surface area contributed by atoms with Gasteiger partial charge in [0.2, 0.25) is 5.75 Å². The third kappa shape index (κ3) is 5.71. The maximum absolute atomic E-state index is 12.5. The summed E-state index contributed by atoms with van der Waals surface area (Å²) in [5.41, 5.74) is 8.04. The topological polar surface area (TPSA) is 82.8 Å². The minimum Gasteiger partial charge on any atom is -0.493 e. The van der Waals surface area contributed by atoms with Gasteiger partial charge in [-0.3, -0.25) is 4.79 Å². The quantitative estimate of drug-likeness (QED) is 0.420. The van der Waals surface area contributed by atoms with E-state index in [9.17, 15) is 4.79 Å². The maximum atomic E-state index is 12.5. The van der Waals surface area contributed by atoms with Crippen molar-refractivity contribution in [1.82, 2.24) is 5.32 Å². The zero-order chi connectivity index (χ0) is 22.9. The zero-order valence-electron chi connectivity index (χ0n) is 19.0. The average Bonchev–Trinajstić information content (AvgIpc) is 2.84. The molecule has 0 aliphatic carbocycles. The van der Waals surface area contributed by atoms with E-state index in [0.29, 0.717) is 29.4 Å². The van der Waals surface area contributed by atoms with E-state index in [2.05, 4.69) is 35.6 Å². The normalized spacial score (nSPS) is 11.8. The summed E-state index contributed by atoms with van der Waals surface area (Å²) in [6, 6.07) is 18.1. The molecule has 0 aliphatic heterocycles. The molecular weight excluding hydrogens is 404 g/mol. The molecule has 1 atom stereocenters. The number of fused-ring (bicyclic) bond motifs is 1. The minimum atomic E-state index is -0.169. The Hall–Kier alpha value is -3.25. The Kier molecular flexibility index (Phi) is 8.34. The van der Waals surface area contributed by atoms with Gasteiger partial charge in [0, 0.05) is 18.2 Å². The molecule has 1 amide bonds. The monoisotopic (exact) mass is 436 g/mol. The number of hydrogen-bond acceptors (Lipinski definition) is 5. The standard InChI is InChI=1S/C26H32N2O4/c1-30-23-16-21(17-24(31-2)25(23)32-3)26(29)28-14-8-4-5-11-22(27)20-13-12-18-9-6-7-10-19(18)15-20/h6-7,9-10,12-13,15-17,22H,4-5,8,11,14,27H2,1-3H3,(H,28,29). The molecule has 1 unspecified atom stereocenters. The largest absolute Gasteiger partial charge is 0.493 e. The number of rotatable bonds is 11.